The van der Waals surface area contributed by atoms with Crippen LogP contribution < -0.4 is 11.0 Å². The third kappa shape index (κ3) is 4.16. The van der Waals surface area contributed by atoms with Crippen molar-refractivity contribution in [3.63, 3.8) is 0 Å². The standard InChI is InChI=1S/C28H22N4O/c1-20-11-10-16-23(19-20)32-27(33)24-17-8-9-18-25(24)29-28(32)31-30-26(21-12-4-2-5-13-21)22-14-6-3-7-15-22/h2-19H,1H3,(H,29,31). The number of aromatic nitrogens is 2. The zero-order chi connectivity index (χ0) is 22.6. The molecule has 5 heteroatoms. The third-order valence-corrected chi connectivity index (χ3v) is 5.40. The number of hydrogen-bond acceptors (Lipinski definition) is 4. The molecule has 0 spiro atoms. The van der Waals surface area contributed by atoms with Gasteiger partial charge in [0, 0.05) is 11.1 Å². The minimum absolute atomic E-state index is 0.148. The van der Waals surface area contributed by atoms with Gasteiger partial charge in [-0.05, 0) is 36.8 Å². The predicted molar refractivity (Wildman–Crippen MR) is 134 cm³/mol. The lowest BCUT2D eigenvalue weighted by Gasteiger charge is -2.14. The largest absolute Gasteiger partial charge is 0.268 e. The number of hydrazone groups is 1. The molecule has 0 radical (unpaired) electrons. The maximum absolute atomic E-state index is 13.5. The van der Waals surface area contributed by atoms with E-state index in [0.29, 0.717) is 16.9 Å². The summed E-state index contributed by atoms with van der Waals surface area (Å²) in [6.07, 6.45) is 0. The van der Waals surface area contributed by atoms with Crippen LogP contribution in [0, 0.1) is 6.92 Å². The van der Waals surface area contributed by atoms with Crippen LogP contribution in [0.3, 0.4) is 0 Å². The van der Waals surface area contributed by atoms with Gasteiger partial charge in [-0.1, -0.05) is 84.9 Å². The fourth-order valence-corrected chi connectivity index (χ4v) is 3.81. The van der Waals surface area contributed by atoms with Gasteiger partial charge in [0.2, 0.25) is 5.95 Å². The molecule has 0 saturated carbocycles. The Morgan fingerprint density at radius 2 is 1.42 bits per heavy atom. The quantitative estimate of drug-likeness (QED) is 0.293. The van der Waals surface area contributed by atoms with Gasteiger partial charge in [0.1, 0.15) is 0 Å². The molecule has 0 aliphatic rings. The Hall–Kier alpha value is -4.51. The monoisotopic (exact) mass is 430 g/mol. The molecule has 160 valence electrons. The van der Waals surface area contributed by atoms with Crippen LogP contribution >= 0.6 is 0 Å². The first-order chi connectivity index (χ1) is 16.2. The van der Waals surface area contributed by atoms with Crippen LogP contribution in [0.5, 0.6) is 0 Å². The summed E-state index contributed by atoms with van der Waals surface area (Å²) in [5.41, 5.74) is 8.03. The lowest BCUT2D eigenvalue weighted by Crippen LogP contribution is -2.23. The highest BCUT2D eigenvalue weighted by molar-refractivity contribution is 6.13. The van der Waals surface area contributed by atoms with Gasteiger partial charge in [-0.15, -0.1) is 0 Å². The first kappa shape index (κ1) is 20.4. The molecule has 5 rings (SSSR count). The van der Waals surface area contributed by atoms with Crippen molar-refractivity contribution in [3.8, 4) is 5.69 Å². The van der Waals surface area contributed by atoms with Gasteiger partial charge < -0.3 is 0 Å². The number of nitrogens with one attached hydrogen (secondary N) is 1. The van der Waals surface area contributed by atoms with E-state index < -0.39 is 0 Å². The third-order valence-electron chi connectivity index (χ3n) is 5.40. The minimum Gasteiger partial charge on any atom is -0.268 e. The van der Waals surface area contributed by atoms with Crippen molar-refractivity contribution in [2.24, 2.45) is 5.10 Å². The molecule has 0 unspecified atom stereocenters. The van der Waals surface area contributed by atoms with Gasteiger partial charge in [0.05, 0.1) is 22.3 Å². The molecule has 1 heterocycles. The SMILES string of the molecule is Cc1cccc(-n2c(NN=C(c3ccccc3)c3ccccc3)nc3ccccc3c2=O)c1. The molecule has 0 amide bonds. The lowest BCUT2D eigenvalue weighted by atomic mass is 10.0. The second-order valence-corrected chi connectivity index (χ2v) is 7.74. The van der Waals surface area contributed by atoms with Gasteiger partial charge in [-0.3, -0.25) is 4.79 Å². The van der Waals surface area contributed by atoms with Crippen LogP contribution in [0.4, 0.5) is 5.95 Å². The van der Waals surface area contributed by atoms with Crippen molar-refractivity contribution in [1.29, 1.82) is 0 Å². The Bertz CT molecular complexity index is 1460. The number of hydrogen-bond donors (Lipinski definition) is 1. The predicted octanol–water partition coefficient (Wildman–Crippen LogP) is 5.56. The molecule has 0 atom stereocenters. The van der Waals surface area contributed by atoms with Gasteiger partial charge >= 0.3 is 0 Å². The first-order valence-corrected chi connectivity index (χ1v) is 10.7. The Kier molecular flexibility index (Phi) is 5.52. The molecule has 0 aliphatic heterocycles. The Balaban J connectivity index is 1.70. The van der Waals surface area contributed by atoms with Crippen LogP contribution in [-0.2, 0) is 0 Å². The van der Waals surface area contributed by atoms with Crippen molar-refractivity contribution in [1.82, 2.24) is 9.55 Å². The zero-order valence-corrected chi connectivity index (χ0v) is 18.1. The second kappa shape index (κ2) is 8.93. The van der Waals surface area contributed by atoms with Gasteiger partial charge in [-0.2, -0.15) is 5.10 Å². The fourth-order valence-electron chi connectivity index (χ4n) is 3.81. The molecule has 0 saturated heterocycles. The van der Waals surface area contributed by atoms with Crippen molar-refractivity contribution in [2.75, 3.05) is 5.43 Å². The molecular formula is C28H22N4O. The number of para-hydroxylation sites is 1. The summed E-state index contributed by atoms with van der Waals surface area (Å²) in [4.78, 5) is 18.2. The zero-order valence-electron chi connectivity index (χ0n) is 18.1. The van der Waals surface area contributed by atoms with Crippen molar-refractivity contribution in [2.45, 2.75) is 6.92 Å². The van der Waals surface area contributed by atoms with Crippen molar-refractivity contribution in [3.05, 3.63) is 136 Å². The van der Waals surface area contributed by atoms with E-state index in [1.807, 2.05) is 110 Å². The molecule has 5 nitrogen and oxygen atoms in total. The molecule has 1 aromatic heterocycles. The van der Waals surface area contributed by atoms with Crippen LogP contribution in [0.15, 0.2) is 119 Å². The van der Waals surface area contributed by atoms with Crippen LogP contribution in [0.1, 0.15) is 16.7 Å². The summed E-state index contributed by atoms with van der Waals surface area (Å²) in [6.45, 7) is 2.00. The molecule has 5 aromatic rings. The number of anilines is 1. The molecule has 0 fully saturated rings. The fraction of sp³-hybridized carbons (Fsp3) is 0.0357. The normalized spacial score (nSPS) is 10.7. The number of nitrogens with zero attached hydrogens (tertiary/aromatic N) is 3. The Morgan fingerprint density at radius 3 is 2.09 bits per heavy atom. The van der Waals surface area contributed by atoms with Gasteiger partial charge in [0.15, 0.2) is 0 Å². The summed E-state index contributed by atoms with van der Waals surface area (Å²) in [6, 6.07) is 35.0. The second-order valence-electron chi connectivity index (χ2n) is 7.74. The van der Waals surface area contributed by atoms with E-state index in [1.54, 1.807) is 10.6 Å². The maximum Gasteiger partial charge on any atom is 0.267 e. The molecule has 0 bridgehead atoms. The molecule has 0 aliphatic carbocycles. The molecular weight excluding hydrogens is 408 g/mol. The Labute approximate surface area is 191 Å². The van der Waals surface area contributed by atoms with Crippen molar-refractivity contribution >= 4 is 22.6 Å². The smallest absolute Gasteiger partial charge is 0.267 e. The summed E-state index contributed by atoms with van der Waals surface area (Å²) in [7, 11) is 0. The van der Waals surface area contributed by atoms with Crippen LogP contribution in [0.2, 0.25) is 0 Å². The van der Waals surface area contributed by atoms with Crippen LogP contribution in [0.25, 0.3) is 16.6 Å². The highest BCUT2D eigenvalue weighted by Crippen LogP contribution is 2.18. The summed E-state index contributed by atoms with van der Waals surface area (Å²) < 4.78 is 1.58. The van der Waals surface area contributed by atoms with E-state index in [9.17, 15) is 4.79 Å². The Morgan fingerprint density at radius 1 is 0.788 bits per heavy atom. The van der Waals surface area contributed by atoms with E-state index >= 15 is 0 Å². The van der Waals surface area contributed by atoms with Gasteiger partial charge in [0.25, 0.3) is 5.56 Å². The highest BCUT2D eigenvalue weighted by Gasteiger charge is 2.14. The summed E-state index contributed by atoms with van der Waals surface area (Å²) in [5, 5.41) is 5.29. The minimum atomic E-state index is -0.148. The van der Waals surface area contributed by atoms with Crippen LogP contribution in [-0.4, -0.2) is 15.3 Å². The van der Waals surface area contributed by atoms with E-state index in [-0.39, 0.29) is 5.56 Å². The van der Waals surface area contributed by atoms with Gasteiger partial charge in [-0.25, -0.2) is 15.0 Å². The van der Waals surface area contributed by atoms with E-state index in [4.69, 9.17) is 10.1 Å². The highest BCUT2D eigenvalue weighted by atomic mass is 16.1. The molecule has 33 heavy (non-hydrogen) atoms. The number of rotatable bonds is 5. The summed E-state index contributed by atoms with van der Waals surface area (Å²) in [5.74, 6) is 0.355. The average molecular weight is 431 g/mol. The van der Waals surface area contributed by atoms with Crippen molar-refractivity contribution < 1.29 is 0 Å². The van der Waals surface area contributed by atoms with E-state index in [2.05, 4.69) is 5.43 Å². The maximum atomic E-state index is 13.5. The topological polar surface area (TPSA) is 59.3 Å². The van der Waals surface area contributed by atoms with E-state index in [1.165, 1.54) is 0 Å². The first-order valence-electron chi connectivity index (χ1n) is 10.7. The molecule has 4 aromatic carbocycles. The van der Waals surface area contributed by atoms with E-state index in [0.717, 1.165) is 28.1 Å². The number of aryl methyl sites for hydroxylation is 1. The summed E-state index contributed by atoms with van der Waals surface area (Å²) >= 11 is 0. The average Bonchev–Trinajstić information content (AvgIpc) is 2.86. The number of benzene rings is 4. The number of fused-ring (bicyclic) bond motifs is 1. The lowest BCUT2D eigenvalue weighted by molar-refractivity contribution is 0.954. The molecule has 1 N–H and O–H groups in total.